The molecule has 0 radical (unpaired) electrons. The van der Waals surface area contributed by atoms with E-state index in [0.717, 1.165) is 17.9 Å². The standard InChI is InChI=1S/C8H9N3O/c1-6-4-11-7(5-10-6)8-9-2-3-12-8/h4-5H,2-3H2,1H3. The molecule has 1 aliphatic rings. The van der Waals surface area contributed by atoms with E-state index in [4.69, 9.17) is 4.74 Å². The highest BCUT2D eigenvalue weighted by Crippen LogP contribution is 2.03. The largest absolute Gasteiger partial charge is 0.474 e. The first-order valence-corrected chi connectivity index (χ1v) is 3.82. The zero-order chi connectivity index (χ0) is 8.39. The molecule has 1 aromatic rings. The van der Waals surface area contributed by atoms with Gasteiger partial charge in [-0.3, -0.25) is 4.98 Å². The van der Waals surface area contributed by atoms with Crippen LogP contribution in [-0.4, -0.2) is 29.0 Å². The highest BCUT2D eigenvalue weighted by molar-refractivity contribution is 5.92. The van der Waals surface area contributed by atoms with Gasteiger partial charge in [-0.25, -0.2) is 9.98 Å². The minimum Gasteiger partial charge on any atom is -0.474 e. The summed E-state index contributed by atoms with van der Waals surface area (Å²) >= 11 is 0. The van der Waals surface area contributed by atoms with E-state index in [9.17, 15) is 0 Å². The van der Waals surface area contributed by atoms with Gasteiger partial charge in [-0.1, -0.05) is 0 Å². The van der Waals surface area contributed by atoms with Crippen LogP contribution in [0.2, 0.25) is 0 Å². The van der Waals surface area contributed by atoms with Crippen molar-refractivity contribution in [2.75, 3.05) is 13.2 Å². The lowest BCUT2D eigenvalue weighted by Crippen LogP contribution is -2.04. The summed E-state index contributed by atoms with van der Waals surface area (Å²) < 4.78 is 5.23. The number of nitrogens with zero attached hydrogens (tertiary/aromatic N) is 3. The quantitative estimate of drug-likeness (QED) is 0.607. The molecule has 1 aromatic heterocycles. The molecule has 0 atom stereocenters. The van der Waals surface area contributed by atoms with E-state index >= 15 is 0 Å². The van der Waals surface area contributed by atoms with E-state index in [0.29, 0.717) is 12.5 Å². The molecule has 2 heterocycles. The van der Waals surface area contributed by atoms with Gasteiger partial charge in [0.1, 0.15) is 12.3 Å². The summed E-state index contributed by atoms with van der Waals surface area (Å²) in [6, 6.07) is 0. The number of hydrogen-bond acceptors (Lipinski definition) is 4. The number of aliphatic imine (C=N–C) groups is 1. The Balaban J connectivity index is 2.28. The van der Waals surface area contributed by atoms with Crippen molar-refractivity contribution in [2.24, 2.45) is 4.99 Å². The van der Waals surface area contributed by atoms with Gasteiger partial charge in [0.25, 0.3) is 0 Å². The van der Waals surface area contributed by atoms with Crippen molar-refractivity contribution in [1.82, 2.24) is 9.97 Å². The molecule has 0 amide bonds. The Hall–Kier alpha value is -1.45. The van der Waals surface area contributed by atoms with Crippen molar-refractivity contribution in [3.05, 3.63) is 23.8 Å². The fraction of sp³-hybridized carbons (Fsp3) is 0.375. The van der Waals surface area contributed by atoms with Crippen molar-refractivity contribution in [3.8, 4) is 0 Å². The monoisotopic (exact) mass is 163 g/mol. The van der Waals surface area contributed by atoms with Crippen LogP contribution < -0.4 is 0 Å². The predicted molar refractivity (Wildman–Crippen MR) is 44.1 cm³/mol. The molecule has 0 saturated carbocycles. The zero-order valence-electron chi connectivity index (χ0n) is 6.82. The minimum absolute atomic E-state index is 0.613. The minimum atomic E-state index is 0.613. The second-order valence-electron chi connectivity index (χ2n) is 2.58. The SMILES string of the molecule is Cc1cnc(C2=NCCO2)cn1. The summed E-state index contributed by atoms with van der Waals surface area (Å²) in [5.41, 5.74) is 1.62. The second kappa shape index (κ2) is 2.89. The van der Waals surface area contributed by atoms with Gasteiger partial charge in [-0.2, -0.15) is 0 Å². The normalized spacial score (nSPS) is 15.6. The van der Waals surface area contributed by atoms with Crippen LogP contribution in [-0.2, 0) is 4.74 Å². The molecule has 1 aliphatic heterocycles. The van der Waals surface area contributed by atoms with Gasteiger partial charge in [-0.15, -0.1) is 0 Å². The molecular formula is C8H9N3O. The van der Waals surface area contributed by atoms with Crippen LogP contribution >= 0.6 is 0 Å². The van der Waals surface area contributed by atoms with Gasteiger partial charge in [-0.05, 0) is 6.92 Å². The number of aromatic nitrogens is 2. The van der Waals surface area contributed by atoms with E-state index in [1.807, 2.05) is 6.92 Å². The number of rotatable bonds is 1. The Morgan fingerprint density at radius 3 is 2.83 bits per heavy atom. The highest BCUT2D eigenvalue weighted by atomic mass is 16.5. The van der Waals surface area contributed by atoms with Crippen LogP contribution in [0.4, 0.5) is 0 Å². The third kappa shape index (κ3) is 1.28. The van der Waals surface area contributed by atoms with E-state index < -0.39 is 0 Å². The van der Waals surface area contributed by atoms with Gasteiger partial charge in [0.05, 0.1) is 18.4 Å². The summed E-state index contributed by atoms with van der Waals surface area (Å²) in [5.74, 6) is 0.613. The van der Waals surface area contributed by atoms with Crippen LogP contribution in [0.5, 0.6) is 0 Å². The Kier molecular flexibility index (Phi) is 1.74. The topological polar surface area (TPSA) is 47.4 Å². The van der Waals surface area contributed by atoms with Gasteiger partial charge < -0.3 is 4.74 Å². The lowest BCUT2D eigenvalue weighted by Gasteiger charge is -1.99. The lowest BCUT2D eigenvalue weighted by molar-refractivity contribution is 0.347. The zero-order valence-corrected chi connectivity index (χ0v) is 6.82. The fourth-order valence-corrected chi connectivity index (χ4v) is 0.993. The Labute approximate surface area is 70.3 Å². The van der Waals surface area contributed by atoms with Crippen molar-refractivity contribution < 1.29 is 4.74 Å². The highest BCUT2D eigenvalue weighted by Gasteiger charge is 2.10. The second-order valence-corrected chi connectivity index (χ2v) is 2.58. The van der Waals surface area contributed by atoms with Crippen LogP contribution in [0, 0.1) is 6.92 Å². The van der Waals surface area contributed by atoms with Gasteiger partial charge in [0.15, 0.2) is 0 Å². The van der Waals surface area contributed by atoms with Crippen molar-refractivity contribution >= 4 is 5.90 Å². The Morgan fingerprint density at radius 2 is 2.25 bits per heavy atom. The van der Waals surface area contributed by atoms with Crippen molar-refractivity contribution in [3.63, 3.8) is 0 Å². The molecule has 0 unspecified atom stereocenters. The van der Waals surface area contributed by atoms with Gasteiger partial charge >= 0.3 is 0 Å². The van der Waals surface area contributed by atoms with E-state index in [-0.39, 0.29) is 0 Å². The maximum Gasteiger partial charge on any atom is 0.237 e. The molecule has 0 saturated heterocycles. The van der Waals surface area contributed by atoms with E-state index in [1.54, 1.807) is 12.4 Å². The summed E-state index contributed by atoms with van der Waals surface area (Å²) in [6.07, 6.45) is 3.39. The molecular weight excluding hydrogens is 154 g/mol. The van der Waals surface area contributed by atoms with Crippen LogP contribution in [0.3, 0.4) is 0 Å². The third-order valence-electron chi connectivity index (χ3n) is 1.59. The molecule has 4 heteroatoms. The molecule has 0 bridgehead atoms. The van der Waals surface area contributed by atoms with E-state index in [1.165, 1.54) is 0 Å². The summed E-state index contributed by atoms with van der Waals surface area (Å²) in [6.45, 7) is 3.28. The molecule has 0 N–H and O–H groups in total. The van der Waals surface area contributed by atoms with Crippen molar-refractivity contribution in [1.29, 1.82) is 0 Å². The van der Waals surface area contributed by atoms with Gasteiger partial charge in [0.2, 0.25) is 5.90 Å². The van der Waals surface area contributed by atoms with Crippen LogP contribution in [0.15, 0.2) is 17.4 Å². The first-order chi connectivity index (χ1) is 5.86. The van der Waals surface area contributed by atoms with Crippen LogP contribution in [0.1, 0.15) is 11.4 Å². The Morgan fingerprint density at radius 1 is 1.33 bits per heavy atom. The molecule has 0 spiro atoms. The third-order valence-corrected chi connectivity index (χ3v) is 1.59. The molecule has 0 fully saturated rings. The molecule has 62 valence electrons. The van der Waals surface area contributed by atoms with E-state index in [2.05, 4.69) is 15.0 Å². The lowest BCUT2D eigenvalue weighted by atomic mass is 10.4. The molecule has 4 nitrogen and oxygen atoms in total. The average molecular weight is 163 g/mol. The molecule has 0 aromatic carbocycles. The number of aryl methyl sites for hydroxylation is 1. The van der Waals surface area contributed by atoms with Crippen LogP contribution in [0.25, 0.3) is 0 Å². The predicted octanol–water partition coefficient (Wildman–Crippen LogP) is 0.562. The molecule has 0 aliphatic carbocycles. The number of ether oxygens (including phenoxy) is 1. The molecule has 12 heavy (non-hydrogen) atoms. The first kappa shape index (κ1) is 7.21. The average Bonchev–Trinajstić information content (AvgIpc) is 2.58. The smallest absolute Gasteiger partial charge is 0.237 e. The fourth-order valence-electron chi connectivity index (χ4n) is 0.993. The Bertz CT molecular complexity index is 305. The van der Waals surface area contributed by atoms with Gasteiger partial charge in [0, 0.05) is 6.20 Å². The van der Waals surface area contributed by atoms with Crippen molar-refractivity contribution in [2.45, 2.75) is 6.92 Å². The molecule has 2 rings (SSSR count). The summed E-state index contributed by atoms with van der Waals surface area (Å²) in [5, 5.41) is 0. The first-order valence-electron chi connectivity index (χ1n) is 3.82. The summed E-state index contributed by atoms with van der Waals surface area (Å²) in [7, 11) is 0. The maximum absolute atomic E-state index is 5.23. The summed E-state index contributed by atoms with van der Waals surface area (Å²) in [4.78, 5) is 12.4. The number of hydrogen-bond donors (Lipinski definition) is 0. The maximum atomic E-state index is 5.23.